The molecule has 0 radical (unpaired) electrons. The van der Waals surface area contributed by atoms with Crippen molar-refractivity contribution in [3.63, 3.8) is 0 Å². The van der Waals surface area contributed by atoms with Crippen molar-refractivity contribution in [2.24, 2.45) is 0 Å². The van der Waals surface area contributed by atoms with Crippen LogP contribution < -0.4 is 5.11 Å². The van der Waals surface area contributed by atoms with E-state index < -0.39 is 12.0 Å². The zero-order valence-corrected chi connectivity index (χ0v) is 13.3. The van der Waals surface area contributed by atoms with Crippen molar-refractivity contribution in [2.45, 2.75) is 26.3 Å². The molecule has 1 aromatic carbocycles. The van der Waals surface area contributed by atoms with Gasteiger partial charge in [-0.1, -0.05) is 60.7 Å². The monoisotopic (exact) mass is 320 g/mol. The number of carbonyl (C=O) groups is 2. The van der Waals surface area contributed by atoms with E-state index in [4.69, 9.17) is 12.2 Å². The average Bonchev–Trinajstić information content (AvgIpc) is 2.67. The second-order valence-electron chi connectivity index (χ2n) is 4.71. The van der Waals surface area contributed by atoms with Crippen molar-refractivity contribution in [2.75, 3.05) is 0 Å². The van der Waals surface area contributed by atoms with Gasteiger partial charge in [-0.3, -0.25) is 9.69 Å². The molecule has 0 spiro atoms. The summed E-state index contributed by atoms with van der Waals surface area (Å²) in [6.07, 6.45) is 1.99. The molecule has 1 saturated heterocycles. The van der Waals surface area contributed by atoms with Crippen LogP contribution in [0.2, 0.25) is 0 Å². The van der Waals surface area contributed by atoms with E-state index in [0.29, 0.717) is 4.91 Å². The molecule has 1 heterocycles. The summed E-state index contributed by atoms with van der Waals surface area (Å²) < 4.78 is 0.259. The normalized spacial score (nSPS) is 18.4. The van der Waals surface area contributed by atoms with E-state index in [1.807, 2.05) is 31.2 Å². The summed E-state index contributed by atoms with van der Waals surface area (Å²) in [7, 11) is 0. The van der Waals surface area contributed by atoms with E-state index in [-0.39, 0.29) is 16.6 Å². The van der Waals surface area contributed by atoms with E-state index in [0.717, 1.165) is 27.8 Å². The fourth-order valence-corrected chi connectivity index (χ4v) is 3.47. The van der Waals surface area contributed by atoms with Crippen molar-refractivity contribution in [1.82, 2.24) is 4.90 Å². The Morgan fingerprint density at radius 1 is 1.52 bits per heavy atom. The number of rotatable bonds is 4. The first-order valence-electron chi connectivity index (χ1n) is 6.48. The van der Waals surface area contributed by atoms with Crippen molar-refractivity contribution in [3.05, 3.63) is 40.3 Å². The van der Waals surface area contributed by atoms with Crippen molar-refractivity contribution >= 4 is 46.3 Å². The van der Waals surface area contributed by atoms with Gasteiger partial charge in [0.25, 0.3) is 5.91 Å². The van der Waals surface area contributed by atoms with Crippen LogP contribution in [0, 0.1) is 6.92 Å². The minimum Gasteiger partial charge on any atom is -0.548 e. The van der Waals surface area contributed by atoms with Crippen LogP contribution in [-0.2, 0) is 9.59 Å². The van der Waals surface area contributed by atoms with E-state index >= 15 is 0 Å². The number of aryl methyl sites for hydroxylation is 1. The molecule has 4 nitrogen and oxygen atoms in total. The summed E-state index contributed by atoms with van der Waals surface area (Å²) in [4.78, 5) is 25.1. The summed E-state index contributed by atoms with van der Waals surface area (Å²) >= 11 is 6.26. The van der Waals surface area contributed by atoms with Gasteiger partial charge in [0.05, 0.1) is 16.9 Å². The molecule has 1 aliphatic rings. The molecule has 6 heteroatoms. The predicted octanol–water partition coefficient (Wildman–Crippen LogP) is 1.72. The minimum atomic E-state index is -1.29. The Kier molecular flexibility index (Phi) is 4.80. The maximum absolute atomic E-state index is 12.4. The third kappa shape index (κ3) is 3.33. The number of hydrogen-bond donors (Lipinski definition) is 0. The summed E-state index contributed by atoms with van der Waals surface area (Å²) in [5, 5.41) is 11.1. The third-order valence-corrected chi connectivity index (χ3v) is 4.46. The van der Waals surface area contributed by atoms with Gasteiger partial charge in [0, 0.05) is 0 Å². The van der Waals surface area contributed by atoms with Gasteiger partial charge in [0.1, 0.15) is 4.32 Å². The van der Waals surface area contributed by atoms with E-state index in [1.54, 1.807) is 13.0 Å². The summed E-state index contributed by atoms with van der Waals surface area (Å²) in [5.41, 5.74) is 1.97. The molecule has 0 N–H and O–H groups in total. The Labute approximate surface area is 132 Å². The number of carbonyl (C=O) groups excluding carboxylic acids is 2. The molecule has 110 valence electrons. The SMILES string of the molecule is CC[C@H](C(=O)[O-])N1C(=O)/C(=C/c2cccc(C)c2)SC1=S. The standard InChI is InChI=1S/C15H15NO3S2/c1-3-11(14(18)19)16-13(17)12(21-15(16)20)8-10-6-4-5-9(2)7-10/h4-8,11H,3H2,1-2H3,(H,18,19)/p-1/b12-8-/t11-/m1/s1. The number of hydrogen-bond acceptors (Lipinski definition) is 5. The molecule has 1 atom stereocenters. The van der Waals surface area contributed by atoms with Gasteiger partial charge in [-0.15, -0.1) is 0 Å². The molecule has 0 aliphatic carbocycles. The summed E-state index contributed by atoms with van der Waals surface area (Å²) in [6, 6.07) is 6.68. The van der Waals surface area contributed by atoms with Crippen LogP contribution in [0.3, 0.4) is 0 Å². The number of thiocarbonyl (C=S) groups is 1. The second kappa shape index (κ2) is 6.41. The number of nitrogens with zero attached hydrogens (tertiary/aromatic N) is 1. The zero-order chi connectivity index (χ0) is 15.6. The highest BCUT2D eigenvalue weighted by Gasteiger charge is 2.36. The Morgan fingerprint density at radius 3 is 2.81 bits per heavy atom. The lowest BCUT2D eigenvalue weighted by atomic mass is 10.1. The van der Waals surface area contributed by atoms with Gasteiger partial charge in [0.15, 0.2) is 0 Å². The number of aliphatic carboxylic acids is 1. The van der Waals surface area contributed by atoms with Gasteiger partial charge in [-0.25, -0.2) is 0 Å². The molecule has 21 heavy (non-hydrogen) atoms. The molecule has 0 saturated carbocycles. The molecule has 2 rings (SSSR count). The molecule has 0 unspecified atom stereocenters. The molecular weight excluding hydrogens is 306 g/mol. The van der Waals surface area contributed by atoms with Crippen LogP contribution in [0.25, 0.3) is 6.08 Å². The quantitative estimate of drug-likeness (QED) is 0.624. The van der Waals surface area contributed by atoms with Gasteiger partial charge in [-0.2, -0.15) is 0 Å². The number of carboxylic acids is 1. The Morgan fingerprint density at radius 2 is 2.24 bits per heavy atom. The number of carboxylic acid groups (broad SMARTS) is 1. The fraction of sp³-hybridized carbons (Fsp3) is 0.267. The van der Waals surface area contributed by atoms with E-state index in [9.17, 15) is 14.7 Å². The predicted molar refractivity (Wildman–Crippen MR) is 85.3 cm³/mol. The number of thioether (sulfide) groups is 1. The number of amides is 1. The second-order valence-corrected chi connectivity index (χ2v) is 6.38. The molecular formula is C15H14NO3S2-. The van der Waals surface area contributed by atoms with Crippen LogP contribution in [0.15, 0.2) is 29.2 Å². The van der Waals surface area contributed by atoms with Crippen molar-refractivity contribution in [1.29, 1.82) is 0 Å². The Hall–Kier alpha value is -1.66. The first-order chi connectivity index (χ1) is 9.93. The van der Waals surface area contributed by atoms with Crippen LogP contribution in [0.5, 0.6) is 0 Å². The van der Waals surface area contributed by atoms with E-state index in [2.05, 4.69) is 0 Å². The van der Waals surface area contributed by atoms with Crippen molar-refractivity contribution in [3.8, 4) is 0 Å². The van der Waals surface area contributed by atoms with Crippen LogP contribution in [0.4, 0.5) is 0 Å². The Balaban J connectivity index is 2.31. The highest BCUT2D eigenvalue weighted by Crippen LogP contribution is 2.34. The lowest BCUT2D eigenvalue weighted by Gasteiger charge is -2.26. The van der Waals surface area contributed by atoms with Crippen LogP contribution in [0.1, 0.15) is 24.5 Å². The van der Waals surface area contributed by atoms with Crippen LogP contribution >= 0.6 is 24.0 Å². The molecule has 1 aromatic rings. The van der Waals surface area contributed by atoms with Gasteiger partial charge in [0.2, 0.25) is 0 Å². The third-order valence-electron chi connectivity index (χ3n) is 3.13. The Bertz CT molecular complexity index is 640. The first kappa shape index (κ1) is 15.7. The lowest BCUT2D eigenvalue weighted by Crippen LogP contribution is -2.49. The van der Waals surface area contributed by atoms with Gasteiger partial charge < -0.3 is 9.90 Å². The molecule has 0 aromatic heterocycles. The van der Waals surface area contributed by atoms with Crippen LogP contribution in [-0.4, -0.2) is 27.1 Å². The minimum absolute atomic E-state index is 0.256. The molecule has 1 amide bonds. The van der Waals surface area contributed by atoms with Gasteiger partial charge in [-0.05, 0) is 25.0 Å². The maximum atomic E-state index is 12.4. The maximum Gasteiger partial charge on any atom is 0.266 e. The fourth-order valence-electron chi connectivity index (χ4n) is 2.11. The first-order valence-corrected chi connectivity index (χ1v) is 7.71. The largest absolute Gasteiger partial charge is 0.548 e. The molecule has 1 fully saturated rings. The highest BCUT2D eigenvalue weighted by molar-refractivity contribution is 8.26. The summed E-state index contributed by atoms with van der Waals surface area (Å²) in [5.74, 6) is -1.66. The molecule has 1 aliphatic heterocycles. The number of benzene rings is 1. The van der Waals surface area contributed by atoms with E-state index in [1.165, 1.54) is 0 Å². The lowest BCUT2D eigenvalue weighted by molar-refractivity contribution is -0.310. The van der Waals surface area contributed by atoms with Gasteiger partial charge >= 0.3 is 0 Å². The smallest absolute Gasteiger partial charge is 0.266 e. The van der Waals surface area contributed by atoms with Crippen molar-refractivity contribution < 1.29 is 14.7 Å². The average molecular weight is 320 g/mol. The summed E-state index contributed by atoms with van der Waals surface area (Å²) in [6.45, 7) is 3.65. The highest BCUT2D eigenvalue weighted by atomic mass is 32.2. The topological polar surface area (TPSA) is 60.4 Å². The molecule has 0 bridgehead atoms. The zero-order valence-electron chi connectivity index (χ0n) is 11.7.